The Morgan fingerprint density at radius 2 is 2.06 bits per heavy atom. The minimum absolute atomic E-state index is 0.0526. The largest absolute Gasteiger partial charge is 0.458 e. The molecule has 4 rings (SSSR count). The lowest BCUT2D eigenvalue weighted by atomic mass is 9.84. The smallest absolute Gasteiger partial charge is 0.334 e. The molecule has 2 fully saturated rings. The van der Waals surface area contributed by atoms with Crippen LogP contribution in [-0.4, -0.2) is 36.4 Å². The Kier molecular flexibility index (Phi) is 6.38. The minimum atomic E-state index is -0.366. The predicted octanol–water partition coefficient (Wildman–Crippen LogP) is 5.12. The van der Waals surface area contributed by atoms with Gasteiger partial charge in [-0.3, -0.25) is 0 Å². The third kappa shape index (κ3) is 4.88. The first kappa shape index (κ1) is 22.5. The molecule has 0 aromatic heterocycles. The van der Waals surface area contributed by atoms with Crippen LogP contribution < -0.4 is 0 Å². The van der Waals surface area contributed by atoms with Gasteiger partial charge in [0.05, 0.1) is 5.60 Å². The summed E-state index contributed by atoms with van der Waals surface area (Å²) in [6.07, 6.45) is 8.22. The Labute approximate surface area is 190 Å². The first-order valence-corrected chi connectivity index (χ1v) is 11.5. The standard InChI is InChI=1S/C27H32O5/c1-17(2)21-11-7-19(8-12-21)10-14-23(28)30-16-20-6-5-15-27(4)25(32-27)24-22(13-9-20)18(3)26(29)31-24/h6-8,10-12,14,17,22,24-25H,3,5,9,13,15-16H2,1-2,4H3/b14-10+,20-6+/t22-,24-,25-,27+/m0/s1. The van der Waals surface area contributed by atoms with Gasteiger partial charge in [0.1, 0.15) is 18.8 Å². The van der Waals surface area contributed by atoms with E-state index in [1.54, 1.807) is 6.08 Å². The van der Waals surface area contributed by atoms with Crippen LogP contribution in [0.3, 0.4) is 0 Å². The zero-order chi connectivity index (χ0) is 22.9. The molecule has 0 spiro atoms. The van der Waals surface area contributed by atoms with Crippen LogP contribution in [0.4, 0.5) is 0 Å². The monoisotopic (exact) mass is 436 g/mol. The highest BCUT2D eigenvalue weighted by atomic mass is 16.6. The highest BCUT2D eigenvalue weighted by Gasteiger charge is 2.61. The van der Waals surface area contributed by atoms with Crippen molar-refractivity contribution in [3.05, 3.63) is 65.3 Å². The molecular formula is C27H32O5. The normalized spacial score (nSPS) is 31.5. The van der Waals surface area contributed by atoms with Crippen LogP contribution in [-0.2, 0) is 23.8 Å². The number of carbonyl (C=O) groups is 2. The van der Waals surface area contributed by atoms with Gasteiger partial charge in [-0.1, -0.05) is 50.8 Å². The number of allylic oxidation sites excluding steroid dienone is 1. The fraction of sp³-hybridized carbons (Fsp3) is 0.481. The first-order valence-electron chi connectivity index (χ1n) is 11.5. The number of esters is 2. The lowest BCUT2D eigenvalue weighted by Gasteiger charge is -2.20. The Hall–Kier alpha value is -2.66. The summed E-state index contributed by atoms with van der Waals surface area (Å²) in [4.78, 5) is 24.3. The summed E-state index contributed by atoms with van der Waals surface area (Å²) < 4.78 is 17.0. The number of epoxide rings is 1. The molecule has 3 aliphatic rings. The van der Waals surface area contributed by atoms with E-state index in [1.165, 1.54) is 11.6 Å². The lowest BCUT2D eigenvalue weighted by molar-refractivity contribution is -0.140. The molecule has 4 atom stereocenters. The molecule has 0 amide bonds. The molecule has 0 N–H and O–H groups in total. The van der Waals surface area contributed by atoms with Crippen LogP contribution in [0, 0.1) is 5.92 Å². The van der Waals surface area contributed by atoms with Crippen molar-refractivity contribution in [2.75, 3.05) is 6.61 Å². The van der Waals surface area contributed by atoms with Gasteiger partial charge in [0.15, 0.2) is 0 Å². The highest BCUT2D eigenvalue weighted by Crippen LogP contribution is 2.49. The zero-order valence-corrected chi connectivity index (χ0v) is 19.1. The van der Waals surface area contributed by atoms with Crippen LogP contribution >= 0.6 is 0 Å². The Morgan fingerprint density at radius 3 is 2.78 bits per heavy atom. The van der Waals surface area contributed by atoms with Gasteiger partial charge >= 0.3 is 11.9 Å². The number of rotatable bonds is 5. The fourth-order valence-corrected chi connectivity index (χ4v) is 4.62. The molecule has 1 aromatic rings. The summed E-state index contributed by atoms with van der Waals surface area (Å²) >= 11 is 0. The van der Waals surface area contributed by atoms with Crippen molar-refractivity contribution in [1.29, 1.82) is 0 Å². The van der Waals surface area contributed by atoms with Gasteiger partial charge in [-0.2, -0.15) is 0 Å². The van der Waals surface area contributed by atoms with E-state index in [0.717, 1.165) is 36.8 Å². The summed E-state index contributed by atoms with van der Waals surface area (Å²) in [5.74, 6) is -0.263. The summed E-state index contributed by atoms with van der Waals surface area (Å²) in [5, 5.41) is 0. The Morgan fingerprint density at radius 1 is 1.31 bits per heavy atom. The van der Waals surface area contributed by atoms with E-state index in [1.807, 2.05) is 12.1 Å². The molecule has 32 heavy (non-hydrogen) atoms. The molecule has 5 heteroatoms. The average molecular weight is 437 g/mol. The molecule has 0 radical (unpaired) electrons. The van der Waals surface area contributed by atoms with Crippen molar-refractivity contribution in [2.24, 2.45) is 5.92 Å². The Balaban J connectivity index is 1.35. The second-order valence-corrected chi connectivity index (χ2v) is 9.55. The third-order valence-corrected chi connectivity index (χ3v) is 6.85. The van der Waals surface area contributed by atoms with Gasteiger partial charge in [-0.15, -0.1) is 0 Å². The number of fused-ring (bicyclic) bond motifs is 3. The molecule has 2 aliphatic heterocycles. The predicted molar refractivity (Wildman–Crippen MR) is 123 cm³/mol. The van der Waals surface area contributed by atoms with E-state index >= 15 is 0 Å². The average Bonchev–Trinajstić information content (AvgIpc) is 3.36. The molecule has 5 nitrogen and oxygen atoms in total. The van der Waals surface area contributed by atoms with Crippen LogP contribution in [0.2, 0.25) is 0 Å². The molecule has 1 aromatic carbocycles. The van der Waals surface area contributed by atoms with Crippen molar-refractivity contribution in [1.82, 2.24) is 0 Å². The zero-order valence-electron chi connectivity index (χ0n) is 19.1. The number of hydrogen-bond donors (Lipinski definition) is 0. The van der Waals surface area contributed by atoms with Crippen molar-refractivity contribution in [3.63, 3.8) is 0 Å². The lowest BCUT2D eigenvalue weighted by Crippen LogP contribution is -2.29. The first-order chi connectivity index (χ1) is 15.3. The fourth-order valence-electron chi connectivity index (χ4n) is 4.62. The maximum absolute atomic E-state index is 12.3. The Bertz CT molecular complexity index is 955. The number of hydrogen-bond acceptors (Lipinski definition) is 5. The van der Waals surface area contributed by atoms with Crippen molar-refractivity contribution in [2.45, 2.75) is 70.2 Å². The van der Waals surface area contributed by atoms with E-state index in [9.17, 15) is 9.59 Å². The topological polar surface area (TPSA) is 65.1 Å². The van der Waals surface area contributed by atoms with Crippen molar-refractivity contribution in [3.8, 4) is 0 Å². The van der Waals surface area contributed by atoms with Crippen LogP contribution in [0.1, 0.15) is 63.5 Å². The highest BCUT2D eigenvalue weighted by molar-refractivity contribution is 5.91. The SMILES string of the molecule is C=C1C(=O)O[C@H]2[C@H]1CC/C(COC(=O)/C=C/c1ccc(C(C)C)cc1)=C\CC[C@@]1(C)O[C@@H]21. The number of carbonyl (C=O) groups excluding carboxylic acids is 2. The third-order valence-electron chi connectivity index (χ3n) is 6.85. The molecular weight excluding hydrogens is 404 g/mol. The van der Waals surface area contributed by atoms with Gasteiger partial charge in [0, 0.05) is 17.6 Å². The minimum Gasteiger partial charge on any atom is -0.458 e. The van der Waals surface area contributed by atoms with E-state index < -0.39 is 0 Å². The maximum atomic E-state index is 12.3. The van der Waals surface area contributed by atoms with E-state index in [4.69, 9.17) is 14.2 Å². The van der Waals surface area contributed by atoms with Gasteiger partial charge in [-0.25, -0.2) is 9.59 Å². The summed E-state index contributed by atoms with van der Waals surface area (Å²) in [5.41, 5.74) is 3.55. The van der Waals surface area contributed by atoms with Gasteiger partial charge in [0.2, 0.25) is 0 Å². The molecule has 2 heterocycles. The number of ether oxygens (including phenoxy) is 3. The van der Waals surface area contributed by atoms with Crippen molar-refractivity contribution >= 4 is 18.0 Å². The van der Waals surface area contributed by atoms with Crippen LogP contribution in [0.25, 0.3) is 6.08 Å². The second kappa shape index (κ2) is 9.07. The molecule has 1 aliphatic carbocycles. The van der Waals surface area contributed by atoms with E-state index in [2.05, 4.69) is 45.6 Å². The van der Waals surface area contributed by atoms with E-state index in [-0.39, 0.29) is 42.3 Å². The van der Waals surface area contributed by atoms with Gasteiger partial charge < -0.3 is 14.2 Å². The molecule has 0 bridgehead atoms. The van der Waals surface area contributed by atoms with Crippen LogP contribution in [0.15, 0.2) is 54.1 Å². The van der Waals surface area contributed by atoms with Crippen molar-refractivity contribution < 1.29 is 23.8 Å². The summed E-state index contributed by atoms with van der Waals surface area (Å²) in [7, 11) is 0. The van der Waals surface area contributed by atoms with E-state index in [0.29, 0.717) is 11.5 Å². The molecule has 0 unspecified atom stereocenters. The second-order valence-electron chi connectivity index (χ2n) is 9.55. The summed E-state index contributed by atoms with van der Waals surface area (Å²) in [6.45, 7) is 10.6. The molecule has 0 saturated carbocycles. The van der Waals surface area contributed by atoms with Crippen LogP contribution in [0.5, 0.6) is 0 Å². The quantitative estimate of drug-likeness (QED) is 0.277. The molecule has 170 valence electrons. The molecule has 2 saturated heterocycles. The maximum Gasteiger partial charge on any atom is 0.334 e. The van der Waals surface area contributed by atoms with Gasteiger partial charge in [-0.05, 0) is 61.3 Å². The van der Waals surface area contributed by atoms with Gasteiger partial charge in [0.25, 0.3) is 0 Å². The summed E-state index contributed by atoms with van der Waals surface area (Å²) in [6, 6.07) is 8.16. The number of benzene rings is 1.